The van der Waals surface area contributed by atoms with Crippen LogP contribution >= 0.6 is 0 Å². The van der Waals surface area contributed by atoms with Crippen LogP contribution in [0.15, 0.2) is 71.5 Å². The third-order valence-corrected chi connectivity index (χ3v) is 5.35. The molecule has 0 unspecified atom stereocenters. The van der Waals surface area contributed by atoms with Crippen LogP contribution in [0.2, 0.25) is 0 Å². The number of nitro benzene ring substituents is 1. The molecule has 5 rings (SSSR count). The second-order valence-electron chi connectivity index (χ2n) is 7.46. The Kier molecular flexibility index (Phi) is 4.41. The lowest BCUT2D eigenvalue weighted by molar-refractivity contribution is -0.384. The molecule has 4 aromatic rings. The average molecular weight is 424 g/mol. The molecular weight excluding hydrogens is 408 g/mol. The number of fused-ring (bicyclic) bond motifs is 2. The molecule has 156 valence electrons. The van der Waals surface area contributed by atoms with Crippen molar-refractivity contribution in [3.63, 3.8) is 0 Å². The smallest absolute Gasteiger partial charge is 0.269 e. The number of nitrogens with one attached hydrogen (secondary N) is 1. The van der Waals surface area contributed by atoms with Crippen LogP contribution in [0.25, 0.3) is 28.2 Å². The number of carbonyl (C=O) groups excluding carboxylic acids is 1. The number of non-ortho nitro benzene ring substituents is 1. The van der Waals surface area contributed by atoms with Gasteiger partial charge in [0.25, 0.3) is 17.2 Å². The molecule has 0 fully saturated rings. The topological polar surface area (TPSA) is 107 Å². The molecule has 3 aromatic carbocycles. The Morgan fingerprint density at radius 3 is 2.53 bits per heavy atom. The van der Waals surface area contributed by atoms with Gasteiger partial charge in [-0.3, -0.25) is 24.3 Å². The molecule has 0 bridgehead atoms. The summed E-state index contributed by atoms with van der Waals surface area (Å²) in [4.78, 5) is 41.2. The molecule has 0 aliphatic carbocycles. The number of nitro groups is 1. The van der Waals surface area contributed by atoms with Crippen LogP contribution in [0.5, 0.6) is 0 Å². The summed E-state index contributed by atoms with van der Waals surface area (Å²) in [7, 11) is 0. The summed E-state index contributed by atoms with van der Waals surface area (Å²) in [5.41, 5.74) is 3.28. The van der Waals surface area contributed by atoms with Crippen LogP contribution in [0.3, 0.4) is 0 Å². The van der Waals surface area contributed by atoms with Crippen molar-refractivity contribution in [2.45, 2.75) is 6.92 Å². The van der Waals surface area contributed by atoms with Crippen LogP contribution in [0.1, 0.15) is 17.0 Å². The maximum Gasteiger partial charge on any atom is 0.269 e. The van der Waals surface area contributed by atoms with E-state index in [9.17, 15) is 19.7 Å². The molecule has 1 aliphatic rings. The molecule has 32 heavy (non-hydrogen) atoms. The predicted molar refractivity (Wildman–Crippen MR) is 122 cm³/mol. The van der Waals surface area contributed by atoms with Crippen molar-refractivity contribution >= 4 is 39.8 Å². The SMILES string of the molecule is Cc1ccc2c(c1)/C(=C/c1nc3ccccc3c(=O)n1-c1ccc([N+](=O)[O-])cc1)C(=O)N2. The van der Waals surface area contributed by atoms with Crippen LogP contribution < -0.4 is 10.9 Å². The van der Waals surface area contributed by atoms with Gasteiger partial charge in [-0.2, -0.15) is 0 Å². The van der Waals surface area contributed by atoms with Gasteiger partial charge in [0, 0.05) is 23.4 Å². The molecule has 0 saturated heterocycles. The number of aryl methyl sites for hydroxylation is 1. The molecule has 1 amide bonds. The molecule has 0 radical (unpaired) electrons. The minimum Gasteiger partial charge on any atom is -0.321 e. The average Bonchev–Trinajstić information content (AvgIpc) is 3.08. The summed E-state index contributed by atoms with van der Waals surface area (Å²) in [5.74, 6) is -0.0367. The molecule has 1 N–H and O–H groups in total. The number of amides is 1. The summed E-state index contributed by atoms with van der Waals surface area (Å²) < 4.78 is 1.36. The summed E-state index contributed by atoms with van der Waals surface area (Å²) in [6, 6.07) is 18.2. The maximum atomic E-state index is 13.4. The van der Waals surface area contributed by atoms with Crippen molar-refractivity contribution in [3.05, 3.63) is 104 Å². The number of rotatable bonds is 3. The lowest BCUT2D eigenvalue weighted by atomic mass is 10.0. The van der Waals surface area contributed by atoms with Gasteiger partial charge in [-0.05, 0) is 49.4 Å². The Labute approximate surface area is 181 Å². The van der Waals surface area contributed by atoms with Crippen molar-refractivity contribution in [1.29, 1.82) is 0 Å². The highest BCUT2D eigenvalue weighted by Crippen LogP contribution is 2.33. The maximum absolute atomic E-state index is 13.4. The highest BCUT2D eigenvalue weighted by molar-refractivity contribution is 6.34. The number of hydrogen-bond acceptors (Lipinski definition) is 5. The quantitative estimate of drug-likeness (QED) is 0.303. The number of hydrogen-bond donors (Lipinski definition) is 1. The summed E-state index contributed by atoms with van der Waals surface area (Å²) in [6.45, 7) is 1.93. The van der Waals surface area contributed by atoms with Gasteiger partial charge >= 0.3 is 0 Å². The Bertz CT molecular complexity index is 1520. The summed E-state index contributed by atoms with van der Waals surface area (Å²) >= 11 is 0. The fourth-order valence-corrected chi connectivity index (χ4v) is 3.79. The van der Waals surface area contributed by atoms with Gasteiger partial charge in [-0.25, -0.2) is 4.98 Å². The molecular formula is C24H16N4O4. The van der Waals surface area contributed by atoms with Crippen molar-refractivity contribution in [2.75, 3.05) is 5.32 Å². The summed E-state index contributed by atoms with van der Waals surface area (Å²) in [6.07, 6.45) is 1.58. The van der Waals surface area contributed by atoms with Gasteiger partial charge in [-0.15, -0.1) is 0 Å². The van der Waals surface area contributed by atoms with Crippen LogP contribution in [-0.2, 0) is 4.79 Å². The second-order valence-corrected chi connectivity index (χ2v) is 7.46. The minimum absolute atomic E-state index is 0.0879. The van der Waals surface area contributed by atoms with Gasteiger partial charge < -0.3 is 5.32 Å². The first-order chi connectivity index (χ1) is 15.4. The Hall–Kier alpha value is -4.59. The fourth-order valence-electron chi connectivity index (χ4n) is 3.79. The second kappa shape index (κ2) is 7.28. The van der Waals surface area contributed by atoms with Gasteiger partial charge in [0.05, 0.1) is 27.1 Å². The zero-order valence-corrected chi connectivity index (χ0v) is 16.9. The molecule has 1 aromatic heterocycles. The van der Waals surface area contributed by atoms with Crippen LogP contribution in [0.4, 0.5) is 11.4 Å². The Morgan fingerprint density at radius 2 is 1.78 bits per heavy atom. The zero-order chi connectivity index (χ0) is 22.4. The molecule has 8 heteroatoms. The molecule has 8 nitrogen and oxygen atoms in total. The molecule has 1 aliphatic heterocycles. The van der Waals surface area contributed by atoms with Crippen LogP contribution in [0, 0.1) is 17.0 Å². The van der Waals surface area contributed by atoms with E-state index < -0.39 is 4.92 Å². The number of aromatic nitrogens is 2. The number of nitrogens with zero attached hydrogens (tertiary/aromatic N) is 3. The highest BCUT2D eigenvalue weighted by atomic mass is 16.6. The van der Waals surface area contributed by atoms with E-state index in [1.54, 1.807) is 30.3 Å². The third kappa shape index (κ3) is 3.14. The van der Waals surface area contributed by atoms with E-state index >= 15 is 0 Å². The van der Waals surface area contributed by atoms with Gasteiger partial charge in [0.2, 0.25) is 0 Å². The normalized spacial score (nSPS) is 13.9. The van der Waals surface area contributed by atoms with Crippen molar-refractivity contribution < 1.29 is 9.72 Å². The van der Waals surface area contributed by atoms with Crippen molar-refractivity contribution in [3.8, 4) is 5.69 Å². The van der Waals surface area contributed by atoms with Gasteiger partial charge in [-0.1, -0.05) is 23.8 Å². The highest BCUT2D eigenvalue weighted by Gasteiger charge is 2.25. The minimum atomic E-state index is -0.504. The van der Waals surface area contributed by atoms with Crippen LogP contribution in [-0.4, -0.2) is 20.4 Å². The molecule has 0 spiro atoms. The van der Waals surface area contributed by atoms with E-state index in [-0.39, 0.29) is 23.0 Å². The first-order valence-corrected chi connectivity index (χ1v) is 9.83. The largest absolute Gasteiger partial charge is 0.321 e. The summed E-state index contributed by atoms with van der Waals surface area (Å²) in [5, 5.41) is 14.3. The van der Waals surface area contributed by atoms with Crippen molar-refractivity contribution in [1.82, 2.24) is 9.55 Å². The lowest BCUT2D eigenvalue weighted by Crippen LogP contribution is -2.22. The number of para-hydroxylation sites is 1. The monoisotopic (exact) mass is 424 g/mol. The van der Waals surface area contributed by atoms with E-state index in [0.717, 1.165) is 11.1 Å². The first kappa shape index (κ1) is 19.4. The Morgan fingerprint density at radius 1 is 1.03 bits per heavy atom. The molecule has 2 heterocycles. The number of anilines is 1. The third-order valence-electron chi connectivity index (χ3n) is 5.35. The van der Waals surface area contributed by atoms with E-state index in [2.05, 4.69) is 10.3 Å². The molecule has 0 saturated carbocycles. The van der Waals surface area contributed by atoms with Gasteiger partial charge in [0.15, 0.2) is 0 Å². The fraction of sp³-hybridized carbons (Fsp3) is 0.0417. The van der Waals surface area contributed by atoms with E-state index in [1.807, 2.05) is 25.1 Å². The Balaban J connectivity index is 1.78. The predicted octanol–water partition coefficient (Wildman–Crippen LogP) is 4.10. The first-order valence-electron chi connectivity index (χ1n) is 9.83. The lowest BCUT2D eigenvalue weighted by Gasteiger charge is -2.12. The van der Waals surface area contributed by atoms with E-state index in [1.165, 1.54) is 28.8 Å². The standard InChI is InChI=1S/C24H16N4O4/c1-14-6-11-21-18(12-14)19(23(29)26-21)13-22-25-20-5-3-2-4-17(20)24(30)27(22)15-7-9-16(10-8-15)28(31)32/h2-13H,1H3,(H,26,29)/b19-13-. The number of benzene rings is 3. The van der Waals surface area contributed by atoms with Gasteiger partial charge in [0.1, 0.15) is 5.82 Å². The van der Waals surface area contributed by atoms with E-state index in [0.29, 0.717) is 27.9 Å². The molecule has 0 atom stereocenters. The van der Waals surface area contributed by atoms with E-state index in [4.69, 9.17) is 0 Å². The van der Waals surface area contributed by atoms with Crippen molar-refractivity contribution in [2.24, 2.45) is 0 Å². The zero-order valence-electron chi connectivity index (χ0n) is 16.9. The number of carbonyl (C=O) groups is 1.